The number of hydrogen-bond acceptors (Lipinski definition) is 6. The summed E-state index contributed by atoms with van der Waals surface area (Å²) in [6, 6.07) is 7.62. The Labute approximate surface area is 164 Å². The molecule has 3 aliphatic heterocycles. The van der Waals surface area contributed by atoms with Gasteiger partial charge < -0.3 is 14.4 Å². The summed E-state index contributed by atoms with van der Waals surface area (Å²) in [4.78, 5) is 2.59. The fraction of sp³-hybridized carbons (Fsp3) is 0.474. The lowest BCUT2D eigenvalue weighted by atomic mass is 10.1. The number of nitrogens with one attached hydrogen (secondary N) is 1. The first-order valence-electron chi connectivity index (χ1n) is 9.26. The number of benzene rings is 1. The molecule has 1 N–H and O–H groups in total. The van der Waals surface area contributed by atoms with Crippen LogP contribution in [0.2, 0.25) is 0 Å². The van der Waals surface area contributed by atoms with E-state index in [9.17, 15) is 8.42 Å². The van der Waals surface area contributed by atoms with Crippen LogP contribution in [0.3, 0.4) is 0 Å². The lowest BCUT2D eigenvalue weighted by molar-refractivity contribution is -0.00866. The third kappa shape index (κ3) is 4.18. The van der Waals surface area contributed by atoms with Gasteiger partial charge in [-0.1, -0.05) is 12.1 Å². The molecule has 6 nitrogen and oxygen atoms in total. The van der Waals surface area contributed by atoms with E-state index >= 15 is 0 Å². The summed E-state index contributed by atoms with van der Waals surface area (Å²) in [5.41, 5.74) is 2.16. The zero-order valence-electron chi connectivity index (χ0n) is 15.1. The largest absolute Gasteiger partial charge is 0.370 e. The summed E-state index contributed by atoms with van der Waals surface area (Å²) in [6.07, 6.45) is 4.68. The average molecular weight is 409 g/mol. The second kappa shape index (κ2) is 8.26. The molecule has 0 aliphatic carbocycles. The molecule has 0 bridgehead atoms. The molecule has 8 heteroatoms. The Morgan fingerprint density at radius 2 is 1.81 bits per heavy atom. The van der Waals surface area contributed by atoms with Crippen LogP contribution in [0.4, 0.5) is 11.4 Å². The summed E-state index contributed by atoms with van der Waals surface area (Å²) in [5, 5.41) is 1.89. The predicted octanol–water partition coefficient (Wildman–Crippen LogP) is 3.31. The first kappa shape index (κ1) is 18.9. The summed E-state index contributed by atoms with van der Waals surface area (Å²) in [7, 11) is -3.71. The van der Waals surface area contributed by atoms with Crippen LogP contribution in [0, 0.1) is 0 Å². The van der Waals surface area contributed by atoms with Crippen molar-refractivity contribution in [1.29, 1.82) is 0 Å². The highest BCUT2D eigenvalue weighted by molar-refractivity contribution is 8.04. The lowest BCUT2D eigenvalue weighted by Gasteiger charge is -2.31. The molecule has 1 aromatic rings. The molecule has 0 amide bonds. The van der Waals surface area contributed by atoms with Crippen LogP contribution in [0.25, 0.3) is 0 Å². The van der Waals surface area contributed by atoms with Crippen LogP contribution in [0.15, 0.2) is 46.2 Å². The van der Waals surface area contributed by atoms with Crippen molar-refractivity contribution >= 4 is 33.2 Å². The van der Waals surface area contributed by atoms with Gasteiger partial charge in [-0.3, -0.25) is 4.72 Å². The topological polar surface area (TPSA) is 67.9 Å². The van der Waals surface area contributed by atoms with E-state index in [-0.39, 0.29) is 0 Å². The minimum atomic E-state index is -3.71. The van der Waals surface area contributed by atoms with Crippen molar-refractivity contribution in [2.45, 2.75) is 25.6 Å². The summed E-state index contributed by atoms with van der Waals surface area (Å²) in [5.74, 6) is 0.371. The Morgan fingerprint density at radius 1 is 1.07 bits per heavy atom. The van der Waals surface area contributed by atoms with Gasteiger partial charge in [-0.15, -0.1) is 11.8 Å². The third-order valence-corrected chi connectivity index (χ3v) is 7.41. The average Bonchev–Trinajstić information content (AvgIpc) is 3.24. The molecule has 0 unspecified atom stereocenters. The lowest BCUT2D eigenvalue weighted by Crippen LogP contribution is -2.31. The Kier molecular flexibility index (Phi) is 5.77. The van der Waals surface area contributed by atoms with Crippen LogP contribution < -0.4 is 9.62 Å². The number of nitrogens with zero attached hydrogens (tertiary/aromatic N) is 1. The number of anilines is 2. The molecule has 0 radical (unpaired) electrons. The highest BCUT2D eigenvalue weighted by Gasteiger charge is 2.31. The van der Waals surface area contributed by atoms with Gasteiger partial charge in [-0.25, -0.2) is 8.42 Å². The van der Waals surface area contributed by atoms with Gasteiger partial charge in [0.1, 0.15) is 0 Å². The van der Waals surface area contributed by atoms with Crippen LogP contribution in [0.5, 0.6) is 0 Å². The van der Waals surface area contributed by atoms with Crippen LogP contribution >= 0.6 is 11.8 Å². The molecule has 2 fully saturated rings. The van der Waals surface area contributed by atoms with Crippen molar-refractivity contribution in [2.24, 2.45) is 0 Å². The molecule has 0 atom stereocenters. The van der Waals surface area contributed by atoms with Crippen molar-refractivity contribution < 1.29 is 17.9 Å². The van der Waals surface area contributed by atoms with E-state index in [1.165, 1.54) is 18.2 Å². The number of thioether (sulfide) groups is 1. The van der Waals surface area contributed by atoms with Gasteiger partial charge in [-0.2, -0.15) is 0 Å². The van der Waals surface area contributed by atoms with Gasteiger partial charge >= 0.3 is 0 Å². The van der Waals surface area contributed by atoms with Crippen molar-refractivity contribution in [3.05, 3.63) is 46.2 Å². The minimum absolute atomic E-state index is 0.329. The molecule has 4 rings (SSSR count). The van der Waals surface area contributed by atoms with E-state index in [0.717, 1.165) is 31.6 Å². The molecular formula is C19H24N2O4S2. The van der Waals surface area contributed by atoms with Crippen molar-refractivity contribution in [1.82, 2.24) is 0 Å². The SMILES string of the molecule is O=S(=O)(Nc1ccccc1N1CCCCC1)C1=C(C2OCCO2)C=CSC1. The zero-order valence-corrected chi connectivity index (χ0v) is 16.7. The van der Waals surface area contributed by atoms with E-state index in [1.54, 1.807) is 6.08 Å². The first-order valence-corrected chi connectivity index (χ1v) is 11.8. The Bertz CT molecular complexity index is 839. The van der Waals surface area contributed by atoms with E-state index in [4.69, 9.17) is 9.47 Å². The minimum Gasteiger partial charge on any atom is -0.370 e. The molecule has 0 saturated carbocycles. The van der Waals surface area contributed by atoms with Crippen LogP contribution in [-0.4, -0.2) is 46.8 Å². The molecule has 0 spiro atoms. The smallest absolute Gasteiger partial charge is 0.259 e. The van der Waals surface area contributed by atoms with E-state index in [1.807, 2.05) is 29.7 Å². The number of ether oxygens (including phenoxy) is 2. The zero-order chi connectivity index (χ0) is 18.7. The first-order chi connectivity index (χ1) is 13.1. The van der Waals surface area contributed by atoms with Gasteiger partial charge in [-0.05, 0) is 42.9 Å². The highest BCUT2D eigenvalue weighted by atomic mass is 32.2. The van der Waals surface area contributed by atoms with Gasteiger partial charge in [0, 0.05) is 24.4 Å². The molecule has 27 heavy (non-hydrogen) atoms. The second-order valence-electron chi connectivity index (χ2n) is 6.74. The second-order valence-corrected chi connectivity index (χ2v) is 9.33. The van der Waals surface area contributed by atoms with E-state index < -0.39 is 16.3 Å². The van der Waals surface area contributed by atoms with Crippen LogP contribution in [0.1, 0.15) is 19.3 Å². The third-order valence-electron chi connectivity index (χ3n) is 4.93. The molecule has 1 aromatic carbocycles. The monoisotopic (exact) mass is 408 g/mol. The van der Waals surface area contributed by atoms with Gasteiger partial charge in [0.2, 0.25) is 0 Å². The van der Waals surface area contributed by atoms with Crippen LogP contribution in [-0.2, 0) is 19.5 Å². The maximum absolute atomic E-state index is 13.2. The number of rotatable bonds is 5. The number of sulfonamides is 1. The maximum atomic E-state index is 13.2. The molecule has 0 aromatic heterocycles. The summed E-state index contributed by atoms with van der Waals surface area (Å²) < 4.78 is 40.3. The number of piperidine rings is 1. The molecule has 3 heterocycles. The Balaban J connectivity index is 1.64. The molecule has 3 aliphatic rings. The van der Waals surface area contributed by atoms with E-state index in [0.29, 0.717) is 35.1 Å². The van der Waals surface area contributed by atoms with Crippen molar-refractivity contribution in [3.63, 3.8) is 0 Å². The predicted molar refractivity (Wildman–Crippen MR) is 109 cm³/mol. The van der Waals surface area contributed by atoms with Gasteiger partial charge in [0.05, 0.1) is 29.5 Å². The maximum Gasteiger partial charge on any atom is 0.259 e. The standard InChI is InChI=1S/C19H24N2O4S2/c22-27(23,18-14-26-13-8-15(18)19-24-11-12-25-19)20-16-6-2-3-7-17(16)21-9-4-1-5-10-21/h2-3,6-8,13,19-20H,1,4-5,9-12,14H2. The van der Waals surface area contributed by atoms with Crippen molar-refractivity contribution in [3.8, 4) is 0 Å². The number of para-hydroxylation sites is 2. The van der Waals surface area contributed by atoms with Gasteiger partial charge in [0.15, 0.2) is 6.29 Å². The fourth-order valence-electron chi connectivity index (χ4n) is 3.58. The highest BCUT2D eigenvalue weighted by Crippen LogP contribution is 2.34. The van der Waals surface area contributed by atoms with Crippen molar-refractivity contribution in [2.75, 3.05) is 41.7 Å². The fourth-order valence-corrected chi connectivity index (χ4v) is 6.12. The molecular weight excluding hydrogens is 384 g/mol. The molecule has 2 saturated heterocycles. The Morgan fingerprint density at radius 3 is 2.59 bits per heavy atom. The van der Waals surface area contributed by atoms with Gasteiger partial charge in [0.25, 0.3) is 10.0 Å². The summed E-state index contributed by atoms with van der Waals surface area (Å²) >= 11 is 1.46. The quantitative estimate of drug-likeness (QED) is 0.806. The normalized spacial score (nSPS) is 21.7. The number of hydrogen-bond donors (Lipinski definition) is 1. The Hall–Kier alpha value is -1.48. The van der Waals surface area contributed by atoms with E-state index in [2.05, 4.69) is 9.62 Å². The summed E-state index contributed by atoms with van der Waals surface area (Å²) in [6.45, 7) is 2.87. The molecule has 146 valence electrons.